The summed E-state index contributed by atoms with van der Waals surface area (Å²) in [5.41, 5.74) is 0.492. The molecule has 28 heavy (non-hydrogen) atoms. The molecule has 2 amide bonds. The summed E-state index contributed by atoms with van der Waals surface area (Å²) in [6.45, 7) is 6.97. The van der Waals surface area contributed by atoms with E-state index in [4.69, 9.17) is 4.74 Å². The van der Waals surface area contributed by atoms with Gasteiger partial charge in [0.15, 0.2) is 0 Å². The second kappa shape index (κ2) is 9.37. The Labute approximate surface area is 166 Å². The summed E-state index contributed by atoms with van der Waals surface area (Å²) in [7, 11) is 0. The maximum absolute atomic E-state index is 12.8. The molecule has 1 aromatic rings. The number of likely N-dealkylation sites (tertiary alicyclic amines) is 1. The van der Waals surface area contributed by atoms with Crippen molar-refractivity contribution in [1.82, 2.24) is 14.8 Å². The van der Waals surface area contributed by atoms with Gasteiger partial charge in [0.25, 0.3) is 11.5 Å². The molecule has 0 radical (unpaired) electrons. The molecule has 1 unspecified atom stereocenters. The molecule has 1 aromatic heterocycles. The zero-order valence-corrected chi connectivity index (χ0v) is 16.9. The van der Waals surface area contributed by atoms with Crippen molar-refractivity contribution in [3.05, 3.63) is 33.7 Å². The third-order valence-corrected chi connectivity index (χ3v) is 5.79. The molecule has 3 heterocycles. The lowest BCUT2D eigenvalue weighted by molar-refractivity contribution is -0.132. The zero-order chi connectivity index (χ0) is 20.1. The van der Waals surface area contributed by atoms with Gasteiger partial charge in [-0.3, -0.25) is 14.4 Å². The van der Waals surface area contributed by atoms with Crippen molar-refractivity contribution in [3.8, 4) is 0 Å². The van der Waals surface area contributed by atoms with E-state index in [2.05, 4.69) is 12.2 Å². The Bertz CT molecular complexity index is 759. The number of hydrogen-bond acceptors (Lipinski definition) is 4. The zero-order valence-electron chi connectivity index (χ0n) is 16.9. The van der Waals surface area contributed by atoms with E-state index in [-0.39, 0.29) is 36.1 Å². The summed E-state index contributed by atoms with van der Waals surface area (Å²) in [6, 6.07) is 1.78. The second-order valence-corrected chi connectivity index (χ2v) is 8.04. The normalized spacial score (nSPS) is 20.4. The van der Waals surface area contributed by atoms with Gasteiger partial charge in [-0.15, -0.1) is 0 Å². The highest BCUT2D eigenvalue weighted by molar-refractivity contribution is 5.95. The number of amides is 2. The highest BCUT2D eigenvalue weighted by Crippen LogP contribution is 2.16. The number of carbonyl (C=O) groups is 2. The van der Waals surface area contributed by atoms with Crippen LogP contribution in [-0.2, 0) is 16.1 Å². The van der Waals surface area contributed by atoms with E-state index in [1.54, 1.807) is 23.8 Å². The minimum absolute atomic E-state index is 0.0289. The van der Waals surface area contributed by atoms with Crippen LogP contribution in [0.5, 0.6) is 0 Å². The molecule has 1 atom stereocenters. The molecular weight excluding hydrogens is 358 g/mol. The predicted molar refractivity (Wildman–Crippen MR) is 106 cm³/mol. The highest BCUT2D eigenvalue weighted by atomic mass is 16.5. The molecule has 0 saturated carbocycles. The standard InChI is InChI=1S/C21H31N3O4/c1-15-6-10-23(11-7-15)18(25)5-9-22-20(26)19-16(2)8-12-24(21(19)27)14-17-4-3-13-28-17/h8,12,15,17H,3-7,9-11,13-14H2,1-2H3,(H,22,26). The van der Waals surface area contributed by atoms with Crippen molar-refractivity contribution >= 4 is 11.8 Å². The van der Waals surface area contributed by atoms with Gasteiger partial charge in [0.1, 0.15) is 5.56 Å². The Balaban J connectivity index is 1.56. The number of ether oxygens (including phenoxy) is 1. The van der Waals surface area contributed by atoms with Gasteiger partial charge in [-0.05, 0) is 50.2 Å². The summed E-state index contributed by atoms with van der Waals surface area (Å²) >= 11 is 0. The van der Waals surface area contributed by atoms with Crippen LogP contribution < -0.4 is 10.9 Å². The molecule has 2 aliphatic rings. The van der Waals surface area contributed by atoms with Crippen LogP contribution in [0.4, 0.5) is 0 Å². The lowest BCUT2D eigenvalue weighted by Crippen LogP contribution is -2.40. The maximum Gasteiger partial charge on any atom is 0.263 e. The first kappa shape index (κ1) is 20.6. The van der Waals surface area contributed by atoms with Gasteiger partial charge in [-0.1, -0.05) is 6.92 Å². The number of pyridine rings is 1. The number of nitrogens with zero attached hydrogens (tertiary/aromatic N) is 2. The summed E-state index contributed by atoms with van der Waals surface area (Å²) in [5, 5.41) is 2.75. The van der Waals surface area contributed by atoms with Crippen molar-refractivity contribution in [2.75, 3.05) is 26.2 Å². The number of aryl methyl sites for hydroxylation is 1. The van der Waals surface area contributed by atoms with Crippen molar-refractivity contribution in [2.24, 2.45) is 5.92 Å². The van der Waals surface area contributed by atoms with E-state index < -0.39 is 5.91 Å². The lowest BCUT2D eigenvalue weighted by atomic mass is 9.99. The molecule has 2 saturated heterocycles. The number of rotatable bonds is 6. The molecular formula is C21H31N3O4. The minimum Gasteiger partial charge on any atom is -0.376 e. The molecule has 0 spiro atoms. The fourth-order valence-electron chi connectivity index (χ4n) is 3.88. The topological polar surface area (TPSA) is 80.6 Å². The SMILES string of the molecule is Cc1ccn(CC2CCCO2)c(=O)c1C(=O)NCCC(=O)N1CCC(C)CC1. The van der Waals surface area contributed by atoms with Gasteiger partial charge in [-0.2, -0.15) is 0 Å². The number of hydrogen-bond donors (Lipinski definition) is 1. The van der Waals surface area contributed by atoms with Crippen LogP contribution in [-0.4, -0.2) is 53.6 Å². The smallest absolute Gasteiger partial charge is 0.263 e. The fraction of sp³-hybridized carbons (Fsp3) is 0.667. The Morgan fingerprint density at radius 1 is 1.25 bits per heavy atom. The fourth-order valence-corrected chi connectivity index (χ4v) is 3.88. The van der Waals surface area contributed by atoms with Crippen LogP contribution in [0.3, 0.4) is 0 Å². The Hall–Kier alpha value is -2.15. The summed E-state index contributed by atoms with van der Waals surface area (Å²) in [4.78, 5) is 39.5. The first-order chi connectivity index (χ1) is 13.5. The van der Waals surface area contributed by atoms with E-state index >= 15 is 0 Å². The molecule has 0 aliphatic carbocycles. The van der Waals surface area contributed by atoms with Crippen molar-refractivity contribution in [1.29, 1.82) is 0 Å². The second-order valence-electron chi connectivity index (χ2n) is 8.04. The summed E-state index contributed by atoms with van der Waals surface area (Å²) < 4.78 is 7.15. The van der Waals surface area contributed by atoms with Crippen molar-refractivity contribution < 1.29 is 14.3 Å². The summed E-state index contributed by atoms with van der Waals surface area (Å²) in [5.74, 6) is 0.318. The monoisotopic (exact) mass is 389 g/mol. The van der Waals surface area contributed by atoms with Crippen LogP contribution in [0.2, 0.25) is 0 Å². The molecule has 2 fully saturated rings. The summed E-state index contributed by atoms with van der Waals surface area (Å²) in [6.07, 6.45) is 6.01. The van der Waals surface area contributed by atoms with Gasteiger partial charge >= 0.3 is 0 Å². The van der Waals surface area contributed by atoms with E-state index in [1.807, 2.05) is 4.90 Å². The molecule has 7 nitrogen and oxygen atoms in total. The maximum atomic E-state index is 12.8. The van der Waals surface area contributed by atoms with E-state index in [0.29, 0.717) is 18.0 Å². The van der Waals surface area contributed by atoms with Crippen LogP contribution in [0.25, 0.3) is 0 Å². The first-order valence-corrected chi connectivity index (χ1v) is 10.3. The van der Waals surface area contributed by atoms with Crippen LogP contribution >= 0.6 is 0 Å². The van der Waals surface area contributed by atoms with Crippen LogP contribution in [0.1, 0.15) is 54.9 Å². The largest absolute Gasteiger partial charge is 0.376 e. The van der Waals surface area contributed by atoms with Crippen LogP contribution in [0.15, 0.2) is 17.1 Å². The third kappa shape index (κ3) is 5.01. The Morgan fingerprint density at radius 2 is 2.00 bits per heavy atom. The molecule has 0 bridgehead atoms. The van der Waals surface area contributed by atoms with E-state index in [9.17, 15) is 14.4 Å². The Morgan fingerprint density at radius 3 is 2.68 bits per heavy atom. The molecule has 3 rings (SSSR count). The average molecular weight is 389 g/mol. The lowest BCUT2D eigenvalue weighted by Gasteiger charge is -2.30. The molecule has 154 valence electrons. The predicted octanol–water partition coefficient (Wildman–Crippen LogP) is 1.71. The highest BCUT2D eigenvalue weighted by Gasteiger charge is 2.22. The number of piperidine rings is 1. The Kier molecular flexibility index (Phi) is 6.88. The number of nitrogens with one attached hydrogen (secondary N) is 1. The molecule has 2 aliphatic heterocycles. The average Bonchev–Trinajstić information content (AvgIpc) is 3.18. The van der Waals surface area contributed by atoms with Gasteiger partial charge in [0.05, 0.1) is 12.6 Å². The number of aromatic nitrogens is 1. The molecule has 1 N–H and O–H groups in total. The quantitative estimate of drug-likeness (QED) is 0.803. The first-order valence-electron chi connectivity index (χ1n) is 10.3. The minimum atomic E-state index is -0.413. The van der Waals surface area contributed by atoms with Crippen molar-refractivity contribution in [3.63, 3.8) is 0 Å². The third-order valence-electron chi connectivity index (χ3n) is 5.79. The van der Waals surface area contributed by atoms with E-state index in [0.717, 1.165) is 45.4 Å². The van der Waals surface area contributed by atoms with Gasteiger partial charge in [0, 0.05) is 38.9 Å². The number of carbonyl (C=O) groups excluding carboxylic acids is 2. The van der Waals surface area contributed by atoms with Gasteiger partial charge < -0.3 is 19.5 Å². The molecule has 7 heteroatoms. The van der Waals surface area contributed by atoms with Gasteiger partial charge in [0.2, 0.25) is 5.91 Å². The van der Waals surface area contributed by atoms with Crippen molar-refractivity contribution in [2.45, 2.75) is 58.6 Å². The van der Waals surface area contributed by atoms with Gasteiger partial charge in [-0.25, -0.2) is 0 Å². The van der Waals surface area contributed by atoms with Crippen LogP contribution in [0, 0.1) is 12.8 Å². The molecule has 0 aromatic carbocycles. The van der Waals surface area contributed by atoms with E-state index in [1.165, 1.54) is 0 Å².